The smallest absolute Gasteiger partial charge is 0.235 e. The Labute approximate surface area is 118 Å². The third-order valence-corrected chi connectivity index (χ3v) is 3.14. The second-order valence-corrected chi connectivity index (χ2v) is 6.41. The van der Waals surface area contributed by atoms with Crippen LogP contribution in [0, 0.1) is 6.92 Å². The van der Waals surface area contributed by atoms with Crippen LogP contribution in [0.15, 0.2) is 24.3 Å². The van der Waals surface area contributed by atoms with Crippen LogP contribution in [0.2, 0.25) is 0 Å². The van der Waals surface area contributed by atoms with Gasteiger partial charge in [0, 0.05) is 6.92 Å². The monoisotopic (exact) mass is 298 g/mol. The van der Waals surface area contributed by atoms with E-state index in [-0.39, 0.29) is 12.3 Å². The lowest BCUT2D eigenvalue weighted by Crippen LogP contribution is -2.35. The van der Waals surface area contributed by atoms with Gasteiger partial charge in [0.2, 0.25) is 21.8 Å². The Hall–Kier alpha value is -1.89. The molecule has 0 heterocycles. The van der Waals surface area contributed by atoms with Gasteiger partial charge in [0.1, 0.15) is 0 Å². The van der Waals surface area contributed by atoms with Gasteiger partial charge >= 0.3 is 0 Å². The van der Waals surface area contributed by atoms with Gasteiger partial charge < -0.3 is 5.32 Å². The van der Waals surface area contributed by atoms with Crippen LogP contribution in [0.5, 0.6) is 0 Å². The zero-order valence-corrected chi connectivity index (χ0v) is 12.5. The zero-order chi connectivity index (χ0) is 15.3. The molecule has 0 radical (unpaired) electrons. The molecule has 0 spiro atoms. The maximum Gasteiger partial charge on any atom is 0.235 e. The Kier molecular flexibility index (Phi) is 5.26. The van der Waals surface area contributed by atoms with Gasteiger partial charge in [-0.15, -0.1) is 0 Å². The highest BCUT2D eigenvalue weighted by Crippen LogP contribution is 2.17. The van der Waals surface area contributed by atoms with Crippen LogP contribution in [-0.2, 0) is 19.6 Å². The largest absolute Gasteiger partial charge is 0.349 e. The van der Waals surface area contributed by atoms with Crippen molar-refractivity contribution in [1.29, 1.82) is 0 Å². The molecule has 1 aromatic carbocycles. The molecule has 7 heteroatoms. The molecule has 2 amide bonds. The van der Waals surface area contributed by atoms with E-state index < -0.39 is 22.0 Å². The average molecular weight is 298 g/mol. The van der Waals surface area contributed by atoms with Gasteiger partial charge in [-0.05, 0) is 12.5 Å². The summed E-state index contributed by atoms with van der Waals surface area (Å²) in [5, 5.41) is 2.64. The Bertz CT molecular complexity index is 593. The van der Waals surface area contributed by atoms with E-state index in [1.54, 1.807) is 12.1 Å². The predicted octanol–water partition coefficient (Wildman–Crippen LogP) is 0.638. The zero-order valence-electron chi connectivity index (χ0n) is 11.6. The molecule has 1 rings (SSSR count). The highest BCUT2D eigenvalue weighted by Gasteiger charge is 2.18. The molecule has 6 nitrogen and oxygen atoms in total. The lowest BCUT2D eigenvalue weighted by Gasteiger charge is -2.18. The molecule has 0 bridgehead atoms. The molecular weight excluding hydrogens is 280 g/mol. The van der Waals surface area contributed by atoms with Crippen LogP contribution >= 0.6 is 0 Å². The van der Waals surface area contributed by atoms with Crippen molar-refractivity contribution in [3.8, 4) is 0 Å². The minimum Gasteiger partial charge on any atom is -0.349 e. The SMILES string of the molecule is CC(=O)N[C@@H](CC(=O)NS(C)(=O)=O)c1ccc(C)cc1. The standard InChI is InChI=1S/C13H18N2O4S/c1-9-4-6-11(7-5-9)12(14-10(2)16)8-13(17)15-20(3,18)19/h4-7,12H,8H2,1-3H3,(H,14,16)(H,15,17)/t12-/m0/s1. The molecule has 1 aromatic rings. The fraction of sp³-hybridized carbons (Fsp3) is 0.385. The van der Waals surface area contributed by atoms with E-state index in [9.17, 15) is 18.0 Å². The van der Waals surface area contributed by atoms with Crippen LogP contribution in [0.4, 0.5) is 0 Å². The number of hydrogen-bond donors (Lipinski definition) is 2. The number of benzene rings is 1. The first kappa shape index (κ1) is 16.2. The minimum atomic E-state index is -3.60. The maximum atomic E-state index is 11.6. The van der Waals surface area contributed by atoms with Gasteiger partial charge in [-0.1, -0.05) is 29.8 Å². The number of carbonyl (C=O) groups excluding carboxylic acids is 2. The molecule has 1 atom stereocenters. The van der Waals surface area contributed by atoms with Crippen molar-refractivity contribution in [3.05, 3.63) is 35.4 Å². The number of hydrogen-bond acceptors (Lipinski definition) is 4. The van der Waals surface area contributed by atoms with Crippen LogP contribution in [0.1, 0.15) is 30.5 Å². The molecule has 0 saturated heterocycles. The molecule has 0 aliphatic heterocycles. The quantitative estimate of drug-likeness (QED) is 0.834. The van der Waals surface area contributed by atoms with Gasteiger partial charge in [0.05, 0.1) is 18.7 Å². The molecule has 0 fully saturated rings. The normalized spacial score (nSPS) is 12.6. The first-order chi connectivity index (χ1) is 9.17. The van der Waals surface area contributed by atoms with Gasteiger partial charge in [-0.2, -0.15) is 0 Å². The number of nitrogens with one attached hydrogen (secondary N) is 2. The third kappa shape index (κ3) is 5.83. The fourth-order valence-corrected chi connectivity index (χ4v) is 2.23. The summed E-state index contributed by atoms with van der Waals surface area (Å²) in [4.78, 5) is 22.8. The van der Waals surface area contributed by atoms with E-state index in [2.05, 4.69) is 5.32 Å². The van der Waals surface area contributed by atoms with Crippen molar-refractivity contribution in [2.45, 2.75) is 26.3 Å². The van der Waals surface area contributed by atoms with Crippen molar-refractivity contribution in [3.63, 3.8) is 0 Å². The molecule has 20 heavy (non-hydrogen) atoms. The van der Waals surface area contributed by atoms with Crippen LogP contribution in [0.3, 0.4) is 0 Å². The summed E-state index contributed by atoms with van der Waals surface area (Å²) in [7, 11) is -3.60. The second-order valence-electron chi connectivity index (χ2n) is 4.67. The van der Waals surface area contributed by atoms with Crippen molar-refractivity contribution >= 4 is 21.8 Å². The molecule has 0 saturated carbocycles. The number of rotatable bonds is 5. The summed E-state index contributed by atoms with van der Waals surface area (Å²) in [6.45, 7) is 3.27. The third-order valence-electron chi connectivity index (χ3n) is 2.55. The number of aryl methyl sites for hydroxylation is 1. The van der Waals surface area contributed by atoms with Gasteiger partial charge in [-0.25, -0.2) is 8.42 Å². The van der Waals surface area contributed by atoms with E-state index in [0.717, 1.165) is 17.4 Å². The highest BCUT2D eigenvalue weighted by atomic mass is 32.2. The summed E-state index contributed by atoms with van der Waals surface area (Å²) < 4.78 is 23.9. The Morgan fingerprint density at radius 1 is 1.20 bits per heavy atom. The van der Waals surface area contributed by atoms with Gasteiger partial charge in [-0.3, -0.25) is 14.3 Å². The first-order valence-corrected chi connectivity index (χ1v) is 7.91. The molecular formula is C13H18N2O4S. The van der Waals surface area contributed by atoms with Crippen LogP contribution < -0.4 is 10.0 Å². The van der Waals surface area contributed by atoms with Crippen molar-refractivity contribution in [1.82, 2.24) is 10.0 Å². The maximum absolute atomic E-state index is 11.6. The molecule has 0 aliphatic rings. The number of amides is 2. The summed E-state index contributed by atoms with van der Waals surface area (Å²) >= 11 is 0. The van der Waals surface area contributed by atoms with Crippen molar-refractivity contribution in [2.24, 2.45) is 0 Å². The Morgan fingerprint density at radius 3 is 2.20 bits per heavy atom. The van der Waals surface area contributed by atoms with Gasteiger partial charge in [0.25, 0.3) is 0 Å². The minimum absolute atomic E-state index is 0.143. The van der Waals surface area contributed by atoms with E-state index in [1.807, 2.05) is 23.8 Å². The lowest BCUT2D eigenvalue weighted by molar-refractivity contribution is -0.121. The Morgan fingerprint density at radius 2 is 1.75 bits per heavy atom. The average Bonchev–Trinajstić information content (AvgIpc) is 2.25. The molecule has 2 N–H and O–H groups in total. The lowest BCUT2D eigenvalue weighted by atomic mass is 10.0. The van der Waals surface area contributed by atoms with Crippen molar-refractivity contribution in [2.75, 3.05) is 6.26 Å². The molecule has 0 aromatic heterocycles. The molecule has 110 valence electrons. The van der Waals surface area contributed by atoms with Crippen LogP contribution in [-0.4, -0.2) is 26.5 Å². The summed E-state index contributed by atoms with van der Waals surface area (Å²) in [6.07, 6.45) is 0.764. The Balaban J connectivity index is 2.87. The summed E-state index contributed by atoms with van der Waals surface area (Å²) in [6, 6.07) is 6.75. The predicted molar refractivity (Wildman–Crippen MR) is 75.3 cm³/mol. The first-order valence-electron chi connectivity index (χ1n) is 6.01. The van der Waals surface area contributed by atoms with Crippen LogP contribution in [0.25, 0.3) is 0 Å². The summed E-state index contributed by atoms with van der Waals surface area (Å²) in [5.74, 6) is -0.949. The van der Waals surface area contributed by atoms with E-state index in [0.29, 0.717) is 0 Å². The van der Waals surface area contributed by atoms with E-state index in [1.165, 1.54) is 6.92 Å². The number of sulfonamides is 1. The highest BCUT2D eigenvalue weighted by molar-refractivity contribution is 7.89. The molecule has 0 unspecified atom stereocenters. The van der Waals surface area contributed by atoms with E-state index >= 15 is 0 Å². The molecule has 0 aliphatic carbocycles. The summed E-state index contributed by atoms with van der Waals surface area (Å²) in [5.41, 5.74) is 1.80. The topological polar surface area (TPSA) is 92.3 Å². The fourth-order valence-electron chi connectivity index (χ4n) is 1.73. The van der Waals surface area contributed by atoms with Gasteiger partial charge in [0.15, 0.2) is 0 Å². The second kappa shape index (κ2) is 6.51. The van der Waals surface area contributed by atoms with Crippen molar-refractivity contribution < 1.29 is 18.0 Å². The van der Waals surface area contributed by atoms with E-state index in [4.69, 9.17) is 0 Å². The number of carbonyl (C=O) groups is 2.